The Kier molecular flexibility index (Phi) is 12.6. The third-order valence-electron chi connectivity index (χ3n) is 4.82. The third-order valence-corrected chi connectivity index (χ3v) is 4.82. The number of primary amides is 1. The molecule has 3 atom stereocenters. The average molecular weight is 312 g/mol. The highest BCUT2D eigenvalue weighted by Crippen LogP contribution is 2.22. The molecule has 0 spiro atoms. The third kappa shape index (κ3) is 14.4. The van der Waals surface area contributed by atoms with E-state index in [0.717, 1.165) is 24.2 Å². The van der Waals surface area contributed by atoms with Gasteiger partial charge in [-0.25, -0.2) is 0 Å². The maximum atomic E-state index is 10.8. The minimum Gasteiger partial charge on any atom is -0.370 e. The zero-order valence-corrected chi connectivity index (χ0v) is 15.9. The van der Waals surface area contributed by atoms with E-state index in [1.807, 2.05) is 0 Å². The van der Waals surface area contributed by atoms with Gasteiger partial charge in [-0.15, -0.1) is 0 Å². The largest absolute Gasteiger partial charge is 0.370 e. The summed E-state index contributed by atoms with van der Waals surface area (Å²) < 4.78 is 0. The molecule has 2 heteroatoms. The maximum absolute atomic E-state index is 10.8. The van der Waals surface area contributed by atoms with Crippen molar-refractivity contribution in [1.82, 2.24) is 0 Å². The molecule has 0 aromatic rings. The number of carbonyl (C=O) groups is 1. The number of rotatable bonds is 14. The molecule has 0 radical (unpaired) electrons. The van der Waals surface area contributed by atoms with Crippen LogP contribution in [0.3, 0.4) is 0 Å². The van der Waals surface area contributed by atoms with Crippen LogP contribution in [0.15, 0.2) is 0 Å². The van der Waals surface area contributed by atoms with E-state index in [4.69, 9.17) is 5.73 Å². The second-order valence-corrected chi connectivity index (χ2v) is 8.17. The monoisotopic (exact) mass is 311 g/mol. The quantitative estimate of drug-likeness (QED) is 0.424. The van der Waals surface area contributed by atoms with Crippen molar-refractivity contribution in [2.75, 3.05) is 0 Å². The molecule has 0 aliphatic heterocycles. The Morgan fingerprint density at radius 3 is 1.41 bits per heavy atom. The van der Waals surface area contributed by atoms with E-state index in [9.17, 15) is 4.79 Å². The zero-order chi connectivity index (χ0) is 17.0. The van der Waals surface area contributed by atoms with Gasteiger partial charge in [0.05, 0.1) is 0 Å². The summed E-state index contributed by atoms with van der Waals surface area (Å²) in [6, 6.07) is 0. The molecule has 0 saturated carbocycles. The Bertz CT molecular complexity index is 275. The SMILES string of the molecule is CC(C)CCC[C@@H](C)CCC[C@@H](C)CCC[C@H](C)CC(N)=O. The van der Waals surface area contributed by atoms with Crippen LogP contribution in [0.2, 0.25) is 0 Å². The molecule has 1 amide bonds. The first-order valence-corrected chi connectivity index (χ1v) is 9.59. The minimum absolute atomic E-state index is 0.160. The highest BCUT2D eigenvalue weighted by Gasteiger charge is 2.09. The lowest BCUT2D eigenvalue weighted by Gasteiger charge is -2.16. The van der Waals surface area contributed by atoms with E-state index in [0.29, 0.717) is 12.3 Å². The predicted molar refractivity (Wildman–Crippen MR) is 97.7 cm³/mol. The van der Waals surface area contributed by atoms with Gasteiger partial charge in [0.25, 0.3) is 0 Å². The normalized spacial score (nSPS) is 15.7. The second kappa shape index (κ2) is 13.0. The van der Waals surface area contributed by atoms with Crippen molar-refractivity contribution in [3.8, 4) is 0 Å². The van der Waals surface area contributed by atoms with Crippen LogP contribution < -0.4 is 5.73 Å². The predicted octanol–water partition coefficient (Wildman–Crippen LogP) is 5.94. The molecule has 0 unspecified atom stereocenters. The van der Waals surface area contributed by atoms with Gasteiger partial charge in [-0.05, 0) is 23.7 Å². The van der Waals surface area contributed by atoms with Crippen LogP contribution in [-0.2, 0) is 4.79 Å². The average Bonchev–Trinajstić information content (AvgIpc) is 2.37. The van der Waals surface area contributed by atoms with Crippen LogP contribution in [0.1, 0.15) is 98.8 Å². The lowest BCUT2D eigenvalue weighted by atomic mass is 9.91. The zero-order valence-electron chi connectivity index (χ0n) is 15.9. The van der Waals surface area contributed by atoms with Crippen molar-refractivity contribution in [2.45, 2.75) is 98.8 Å². The van der Waals surface area contributed by atoms with E-state index in [1.165, 1.54) is 51.4 Å². The van der Waals surface area contributed by atoms with E-state index in [2.05, 4.69) is 34.6 Å². The first kappa shape index (κ1) is 21.5. The molecular formula is C20H41NO. The van der Waals surface area contributed by atoms with E-state index < -0.39 is 0 Å². The molecule has 22 heavy (non-hydrogen) atoms. The molecular weight excluding hydrogens is 270 g/mol. The number of carbonyl (C=O) groups excluding carboxylic acids is 1. The lowest BCUT2D eigenvalue weighted by Crippen LogP contribution is -2.14. The lowest BCUT2D eigenvalue weighted by molar-refractivity contribution is -0.118. The fourth-order valence-corrected chi connectivity index (χ4v) is 3.24. The Labute approximate surface area is 139 Å². The molecule has 0 aliphatic carbocycles. The standard InChI is InChI=1S/C20H41NO/c1-16(2)9-6-10-17(3)11-7-12-18(4)13-8-14-19(5)15-20(21)22/h16-19H,6-15H2,1-5H3,(H2,21,22)/t17-,18-,19+/m1/s1. The number of hydrogen-bond donors (Lipinski definition) is 1. The highest BCUT2D eigenvalue weighted by atomic mass is 16.1. The smallest absolute Gasteiger partial charge is 0.217 e. The molecule has 0 bridgehead atoms. The summed E-state index contributed by atoms with van der Waals surface area (Å²) in [6.45, 7) is 11.6. The van der Waals surface area contributed by atoms with Gasteiger partial charge in [-0.2, -0.15) is 0 Å². The number of hydrogen-bond acceptors (Lipinski definition) is 1. The van der Waals surface area contributed by atoms with Crippen molar-refractivity contribution >= 4 is 5.91 Å². The van der Waals surface area contributed by atoms with Crippen molar-refractivity contribution in [1.29, 1.82) is 0 Å². The second-order valence-electron chi connectivity index (χ2n) is 8.17. The first-order valence-electron chi connectivity index (χ1n) is 9.59. The van der Waals surface area contributed by atoms with Gasteiger partial charge in [-0.1, -0.05) is 92.4 Å². The molecule has 132 valence electrons. The summed E-state index contributed by atoms with van der Waals surface area (Å²) in [5, 5.41) is 0. The first-order chi connectivity index (χ1) is 10.3. The van der Waals surface area contributed by atoms with Crippen molar-refractivity contribution in [2.24, 2.45) is 29.4 Å². The Hall–Kier alpha value is -0.530. The van der Waals surface area contributed by atoms with Crippen molar-refractivity contribution < 1.29 is 4.79 Å². The summed E-state index contributed by atoms with van der Waals surface area (Å²) in [5.74, 6) is 2.85. The number of amides is 1. The molecule has 0 aromatic heterocycles. The molecule has 2 nitrogen and oxygen atoms in total. The Morgan fingerprint density at radius 2 is 1.05 bits per heavy atom. The fourth-order valence-electron chi connectivity index (χ4n) is 3.24. The Balaban J connectivity index is 3.52. The summed E-state index contributed by atoms with van der Waals surface area (Å²) in [7, 11) is 0. The van der Waals surface area contributed by atoms with E-state index >= 15 is 0 Å². The molecule has 0 aromatic carbocycles. The summed E-state index contributed by atoms with van der Waals surface area (Å²) >= 11 is 0. The van der Waals surface area contributed by atoms with E-state index in [-0.39, 0.29) is 5.91 Å². The van der Waals surface area contributed by atoms with Crippen LogP contribution >= 0.6 is 0 Å². The molecule has 0 rings (SSSR count). The van der Waals surface area contributed by atoms with Crippen LogP contribution in [-0.4, -0.2) is 5.91 Å². The molecule has 0 saturated heterocycles. The summed E-state index contributed by atoms with van der Waals surface area (Å²) in [4.78, 5) is 10.8. The number of nitrogens with two attached hydrogens (primary N) is 1. The van der Waals surface area contributed by atoms with Gasteiger partial charge in [0.15, 0.2) is 0 Å². The van der Waals surface area contributed by atoms with Gasteiger partial charge in [0, 0.05) is 6.42 Å². The Morgan fingerprint density at radius 1 is 0.682 bits per heavy atom. The molecule has 2 N–H and O–H groups in total. The van der Waals surface area contributed by atoms with Crippen molar-refractivity contribution in [3.05, 3.63) is 0 Å². The summed E-state index contributed by atoms with van der Waals surface area (Å²) in [6.07, 6.45) is 12.5. The fraction of sp³-hybridized carbons (Fsp3) is 0.950. The highest BCUT2D eigenvalue weighted by molar-refractivity contribution is 5.73. The van der Waals surface area contributed by atoms with Crippen LogP contribution in [0.5, 0.6) is 0 Å². The summed E-state index contributed by atoms with van der Waals surface area (Å²) in [5.41, 5.74) is 5.23. The van der Waals surface area contributed by atoms with Gasteiger partial charge in [-0.3, -0.25) is 4.79 Å². The minimum atomic E-state index is -0.160. The maximum Gasteiger partial charge on any atom is 0.217 e. The van der Waals surface area contributed by atoms with Crippen LogP contribution in [0.4, 0.5) is 0 Å². The van der Waals surface area contributed by atoms with Gasteiger partial charge in [0.1, 0.15) is 0 Å². The van der Waals surface area contributed by atoms with Gasteiger partial charge < -0.3 is 5.73 Å². The molecule has 0 fully saturated rings. The van der Waals surface area contributed by atoms with E-state index in [1.54, 1.807) is 0 Å². The topological polar surface area (TPSA) is 43.1 Å². The van der Waals surface area contributed by atoms with Crippen molar-refractivity contribution in [3.63, 3.8) is 0 Å². The van der Waals surface area contributed by atoms with Gasteiger partial charge in [0.2, 0.25) is 5.91 Å². The van der Waals surface area contributed by atoms with Crippen LogP contribution in [0, 0.1) is 23.7 Å². The van der Waals surface area contributed by atoms with Crippen LogP contribution in [0.25, 0.3) is 0 Å². The molecule has 0 aliphatic rings. The van der Waals surface area contributed by atoms with Gasteiger partial charge >= 0.3 is 0 Å². The molecule has 0 heterocycles.